The summed E-state index contributed by atoms with van der Waals surface area (Å²) in [6.45, 7) is 7.25. The average Bonchev–Trinajstić information content (AvgIpc) is 2.83. The highest BCUT2D eigenvalue weighted by Crippen LogP contribution is 2.27. The lowest BCUT2D eigenvalue weighted by molar-refractivity contribution is -0.0984. The number of benzene rings is 1. The van der Waals surface area contributed by atoms with Gasteiger partial charge in [0.05, 0.1) is 18.3 Å². The van der Waals surface area contributed by atoms with Gasteiger partial charge in [0.2, 0.25) is 0 Å². The maximum absolute atomic E-state index is 10.2. The Bertz CT molecular complexity index is 426. The predicted octanol–water partition coefficient (Wildman–Crippen LogP) is 2.73. The zero-order chi connectivity index (χ0) is 13.9. The van der Waals surface area contributed by atoms with Crippen LogP contribution >= 0.6 is 0 Å². The Morgan fingerprint density at radius 2 is 2.21 bits per heavy atom. The van der Waals surface area contributed by atoms with Crippen molar-refractivity contribution < 1.29 is 14.6 Å². The van der Waals surface area contributed by atoms with Gasteiger partial charge in [-0.05, 0) is 50.8 Å². The Labute approximate surface area is 115 Å². The van der Waals surface area contributed by atoms with Crippen molar-refractivity contribution in [3.8, 4) is 5.75 Å². The van der Waals surface area contributed by atoms with Gasteiger partial charge in [0.1, 0.15) is 5.75 Å². The van der Waals surface area contributed by atoms with Gasteiger partial charge < -0.3 is 14.6 Å². The van der Waals surface area contributed by atoms with Gasteiger partial charge in [-0.2, -0.15) is 0 Å². The van der Waals surface area contributed by atoms with E-state index in [9.17, 15) is 5.11 Å². The summed E-state index contributed by atoms with van der Waals surface area (Å²) in [5.41, 5.74) is 2.07. The summed E-state index contributed by atoms with van der Waals surface area (Å²) in [7, 11) is 0. The largest absolute Gasteiger partial charge is 0.493 e. The van der Waals surface area contributed by atoms with Crippen molar-refractivity contribution in [2.24, 2.45) is 0 Å². The van der Waals surface area contributed by atoms with E-state index in [-0.39, 0.29) is 0 Å². The average molecular weight is 264 g/mol. The molecule has 2 rings (SSSR count). The molecular formula is C16H24O3. The van der Waals surface area contributed by atoms with Crippen LogP contribution in [0, 0.1) is 0 Å². The molecule has 1 N–H and O–H groups in total. The number of ether oxygens (including phenoxy) is 2. The summed E-state index contributed by atoms with van der Waals surface area (Å²) in [6, 6.07) is 6.32. The second-order valence-electron chi connectivity index (χ2n) is 5.63. The molecule has 1 atom stereocenters. The maximum Gasteiger partial charge on any atom is 0.122 e. The normalized spacial score (nSPS) is 16.0. The highest BCUT2D eigenvalue weighted by atomic mass is 16.5. The Balaban J connectivity index is 1.92. The second-order valence-corrected chi connectivity index (χ2v) is 5.63. The van der Waals surface area contributed by atoms with Gasteiger partial charge in [0.25, 0.3) is 0 Å². The molecule has 106 valence electrons. The molecule has 3 nitrogen and oxygen atoms in total. The molecule has 1 heterocycles. The van der Waals surface area contributed by atoms with E-state index in [0.717, 1.165) is 25.2 Å². The highest BCUT2D eigenvalue weighted by molar-refractivity contribution is 5.39. The van der Waals surface area contributed by atoms with Gasteiger partial charge >= 0.3 is 0 Å². The van der Waals surface area contributed by atoms with Crippen LogP contribution in [0.15, 0.2) is 18.2 Å². The molecule has 1 aromatic carbocycles. The summed E-state index contributed by atoms with van der Waals surface area (Å²) < 4.78 is 11.1. The smallest absolute Gasteiger partial charge is 0.122 e. The molecule has 1 unspecified atom stereocenters. The third-order valence-corrected chi connectivity index (χ3v) is 3.78. The summed E-state index contributed by atoms with van der Waals surface area (Å²) in [5.74, 6) is 1.01. The van der Waals surface area contributed by atoms with Crippen molar-refractivity contribution in [2.75, 3.05) is 13.2 Å². The number of hydrogen-bond donors (Lipinski definition) is 1. The lowest BCUT2D eigenvalue weighted by atomic mass is 9.94. The Morgan fingerprint density at radius 1 is 1.42 bits per heavy atom. The van der Waals surface area contributed by atoms with Gasteiger partial charge in [-0.3, -0.25) is 0 Å². The van der Waals surface area contributed by atoms with E-state index in [2.05, 4.69) is 12.1 Å². The molecular weight excluding hydrogens is 240 g/mol. The van der Waals surface area contributed by atoms with E-state index in [0.29, 0.717) is 13.0 Å². The zero-order valence-corrected chi connectivity index (χ0v) is 12.1. The maximum atomic E-state index is 10.2. The van der Waals surface area contributed by atoms with Crippen molar-refractivity contribution >= 4 is 0 Å². The molecule has 0 bridgehead atoms. The SMILES string of the molecule is CCOC(C)(C)C(O)CCc1ccc2c(c1)CCO2. The molecule has 0 fully saturated rings. The Kier molecular flexibility index (Phi) is 4.48. The van der Waals surface area contributed by atoms with Crippen LogP contribution in [0.25, 0.3) is 0 Å². The standard InChI is InChI=1S/C16H24O3/c1-4-19-16(2,3)15(17)8-6-12-5-7-14-13(11-12)9-10-18-14/h5,7,11,15,17H,4,6,8-10H2,1-3H3. The molecule has 0 saturated heterocycles. The van der Waals surface area contributed by atoms with Crippen molar-refractivity contribution in [3.63, 3.8) is 0 Å². The number of aliphatic hydroxyl groups excluding tert-OH is 1. The first kappa shape index (κ1) is 14.4. The van der Waals surface area contributed by atoms with Crippen molar-refractivity contribution in [3.05, 3.63) is 29.3 Å². The number of aryl methyl sites for hydroxylation is 1. The van der Waals surface area contributed by atoms with Crippen LogP contribution in [0.4, 0.5) is 0 Å². The second kappa shape index (κ2) is 5.93. The zero-order valence-electron chi connectivity index (χ0n) is 12.1. The number of hydrogen-bond acceptors (Lipinski definition) is 3. The molecule has 1 aromatic rings. The lowest BCUT2D eigenvalue weighted by Crippen LogP contribution is -2.39. The fourth-order valence-electron chi connectivity index (χ4n) is 2.51. The number of aliphatic hydroxyl groups is 1. The third-order valence-electron chi connectivity index (χ3n) is 3.78. The van der Waals surface area contributed by atoms with Gasteiger partial charge in [-0.1, -0.05) is 12.1 Å². The van der Waals surface area contributed by atoms with Crippen LogP contribution in [0.2, 0.25) is 0 Å². The summed E-state index contributed by atoms with van der Waals surface area (Å²) in [6.07, 6.45) is 2.13. The Hall–Kier alpha value is -1.06. The monoisotopic (exact) mass is 264 g/mol. The van der Waals surface area contributed by atoms with E-state index in [1.807, 2.05) is 26.8 Å². The fraction of sp³-hybridized carbons (Fsp3) is 0.625. The van der Waals surface area contributed by atoms with Gasteiger partial charge in [-0.25, -0.2) is 0 Å². The van der Waals surface area contributed by atoms with Crippen molar-refractivity contribution in [1.82, 2.24) is 0 Å². The quantitative estimate of drug-likeness (QED) is 0.858. The molecule has 0 amide bonds. The van der Waals surface area contributed by atoms with E-state index in [1.54, 1.807) is 0 Å². The summed E-state index contributed by atoms with van der Waals surface area (Å²) in [4.78, 5) is 0. The minimum Gasteiger partial charge on any atom is -0.493 e. The summed E-state index contributed by atoms with van der Waals surface area (Å²) in [5, 5.41) is 10.2. The molecule has 0 saturated carbocycles. The third kappa shape index (κ3) is 3.48. The van der Waals surface area contributed by atoms with Crippen LogP contribution < -0.4 is 4.74 Å². The predicted molar refractivity (Wildman–Crippen MR) is 75.7 cm³/mol. The van der Waals surface area contributed by atoms with Crippen molar-refractivity contribution in [1.29, 1.82) is 0 Å². The molecule has 19 heavy (non-hydrogen) atoms. The molecule has 0 aliphatic carbocycles. The molecule has 0 aromatic heterocycles. The van der Waals surface area contributed by atoms with E-state index >= 15 is 0 Å². The first-order valence-electron chi connectivity index (χ1n) is 7.09. The fourth-order valence-corrected chi connectivity index (χ4v) is 2.51. The van der Waals surface area contributed by atoms with Crippen LogP contribution in [-0.2, 0) is 17.6 Å². The van der Waals surface area contributed by atoms with Crippen LogP contribution in [0.5, 0.6) is 5.75 Å². The minimum atomic E-state index is -0.478. The van der Waals surface area contributed by atoms with Crippen molar-refractivity contribution in [2.45, 2.75) is 51.7 Å². The molecule has 0 radical (unpaired) electrons. The lowest BCUT2D eigenvalue weighted by Gasteiger charge is -2.30. The molecule has 3 heteroatoms. The van der Waals surface area contributed by atoms with Gasteiger partial charge in [0.15, 0.2) is 0 Å². The molecule has 1 aliphatic rings. The first-order chi connectivity index (χ1) is 9.03. The van der Waals surface area contributed by atoms with Gasteiger partial charge in [-0.15, -0.1) is 0 Å². The molecule has 0 spiro atoms. The van der Waals surface area contributed by atoms with Crippen LogP contribution in [-0.4, -0.2) is 30.0 Å². The van der Waals surface area contributed by atoms with Crippen LogP contribution in [0.1, 0.15) is 38.3 Å². The molecule has 1 aliphatic heterocycles. The van der Waals surface area contributed by atoms with E-state index in [1.165, 1.54) is 11.1 Å². The van der Waals surface area contributed by atoms with E-state index < -0.39 is 11.7 Å². The Morgan fingerprint density at radius 3 is 2.95 bits per heavy atom. The highest BCUT2D eigenvalue weighted by Gasteiger charge is 2.27. The first-order valence-corrected chi connectivity index (χ1v) is 7.09. The summed E-state index contributed by atoms with van der Waals surface area (Å²) >= 11 is 0. The van der Waals surface area contributed by atoms with Gasteiger partial charge in [0, 0.05) is 13.0 Å². The topological polar surface area (TPSA) is 38.7 Å². The number of fused-ring (bicyclic) bond motifs is 1. The number of rotatable bonds is 6. The van der Waals surface area contributed by atoms with Crippen LogP contribution in [0.3, 0.4) is 0 Å². The minimum absolute atomic E-state index is 0.447. The van der Waals surface area contributed by atoms with E-state index in [4.69, 9.17) is 9.47 Å².